The van der Waals surface area contributed by atoms with Crippen molar-refractivity contribution in [2.45, 2.75) is 24.2 Å². The molecule has 2 aromatic rings. The number of piperidine rings is 1. The first-order chi connectivity index (χ1) is 16.5. The largest absolute Gasteiger partial charge is 0.492 e. The lowest BCUT2D eigenvalue weighted by atomic mass is 10.2. The van der Waals surface area contributed by atoms with E-state index >= 15 is 0 Å². The Kier molecular flexibility index (Phi) is 9.28. The maximum absolute atomic E-state index is 12.7. The average molecular weight is 565 g/mol. The van der Waals surface area contributed by atoms with E-state index in [1.807, 2.05) is 0 Å². The van der Waals surface area contributed by atoms with Crippen molar-refractivity contribution in [2.24, 2.45) is 0 Å². The highest BCUT2D eigenvalue weighted by molar-refractivity contribution is 7.92. The molecule has 1 aliphatic heterocycles. The van der Waals surface area contributed by atoms with E-state index in [1.165, 1.54) is 34.6 Å². The Labute approximate surface area is 216 Å². The van der Waals surface area contributed by atoms with Gasteiger partial charge in [0.05, 0.1) is 23.4 Å². The number of hydrogen-bond acceptors (Lipinski definition) is 6. The maximum atomic E-state index is 12.7. The summed E-state index contributed by atoms with van der Waals surface area (Å²) in [6, 6.07) is 10.4. The topological polar surface area (TPSA) is 113 Å². The molecule has 0 aliphatic carbocycles. The van der Waals surface area contributed by atoms with Crippen molar-refractivity contribution in [1.29, 1.82) is 0 Å². The van der Waals surface area contributed by atoms with E-state index in [1.54, 1.807) is 12.1 Å². The Hall–Kier alpha value is -2.05. The number of ether oxygens (including phenoxy) is 1. The summed E-state index contributed by atoms with van der Waals surface area (Å²) in [6.45, 7) is 0.813. The Morgan fingerprint density at radius 2 is 1.60 bits per heavy atom. The van der Waals surface area contributed by atoms with Gasteiger partial charge in [0.25, 0.3) is 0 Å². The number of carbonyl (C=O) groups excluding carboxylic acids is 1. The molecule has 0 radical (unpaired) electrons. The van der Waals surface area contributed by atoms with Crippen LogP contribution in [-0.2, 0) is 24.8 Å². The number of amides is 1. The van der Waals surface area contributed by atoms with Gasteiger partial charge >= 0.3 is 0 Å². The van der Waals surface area contributed by atoms with Crippen LogP contribution < -0.4 is 14.4 Å². The summed E-state index contributed by atoms with van der Waals surface area (Å²) in [5.41, 5.74) is 0.177. The molecular formula is C22H27Cl2N3O6S2. The zero-order chi connectivity index (χ0) is 25.6. The Bertz CT molecular complexity index is 1230. The van der Waals surface area contributed by atoms with Crippen molar-refractivity contribution in [1.82, 2.24) is 9.62 Å². The molecule has 0 atom stereocenters. The number of carbonyl (C=O) groups is 1. The zero-order valence-corrected chi connectivity index (χ0v) is 22.3. The number of sulfonamides is 2. The van der Waals surface area contributed by atoms with Gasteiger partial charge in [-0.05, 0) is 55.3 Å². The average Bonchev–Trinajstić information content (AvgIpc) is 2.80. The second-order valence-electron chi connectivity index (χ2n) is 8.03. The highest BCUT2D eigenvalue weighted by atomic mass is 35.5. The molecule has 1 heterocycles. The normalized spacial score (nSPS) is 14.9. The van der Waals surface area contributed by atoms with Gasteiger partial charge in [0.2, 0.25) is 26.0 Å². The van der Waals surface area contributed by atoms with Gasteiger partial charge < -0.3 is 10.1 Å². The van der Waals surface area contributed by atoms with Crippen LogP contribution in [0.2, 0.25) is 10.0 Å². The van der Waals surface area contributed by atoms with Crippen LogP contribution in [0.5, 0.6) is 5.75 Å². The Morgan fingerprint density at radius 1 is 1.00 bits per heavy atom. The minimum atomic E-state index is -3.77. The quantitative estimate of drug-likeness (QED) is 0.444. The summed E-state index contributed by atoms with van der Waals surface area (Å²) in [7, 11) is -7.29. The fraction of sp³-hybridized carbons (Fsp3) is 0.409. The Morgan fingerprint density at radius 3 is 2.17 bits per heavy atom. The van der Waals surface area contributed by atoms with Crippen LogP contribution in [0.25, 0.3) is 0 Å². The first-order valence-corrected chi connectivity index (χ1v) is 14.9. The van der Waals surface area contributed by atoms with Gasteiger partial charge in [-0.1, -0.05) is 29.6 Å². The van der Waals surface area contributed by atoms with Crippen molar-refractivity contribution in [3.8, 4) is 5.75 Å². The summed E-state index contributed by atoms with van der Waals surface area (Å²) < 4.78 is 57.8. The minimum absolute atomic E-state index is 0.103. The molecule has 3 rings (SSSR count). The minimum Gasteiger partial charge on any atom is -0.492 e. The number of benzene rings is 2. The van der Waals surface area contributed by atoms with Crippen molar-refractivity contribution < 1.29 is 26.4 Å². The molecule has 1 amide bonds. The smallest absolute Gasteiger partial charge is 0.243 e. The van der Waals surface area contributed by atoms with Gasteiger partial charge in [-0.3, -0.25) is 9.10 Å². The van der Waals surface area contributed by atoms with Crippen LogP contribution in [0, 0.1) is 0 Å². The predicted octanol–water partition coefficient (Wildman–Crippen LogP) is 3.13. The first-order valence-electron chi connectivity index (χ1n) is 10.9. The van der Waals surface area contributed by atoms with E-state index in [2.05, 4.69) is 5.32 Å². The molecule has 1 saturated heterocycles. The number of anilines is 1. The van der Waals surface area contributed by atoms with Crippen molar-refractivity contribution in [3.05, 3.63) is 52.5 Å². The summed E-state index contributed by atoms with van der Waals surface area (Å²) in [5.74, 6) is -0.0960. The molecule has 0 unspecified atom stereocenters. The maximum Gasteiger partial charge on any atom is 0.243 e. The fourth-order valence-corrected chi connectivity index (χ4v) is 6.46. The zero-order valence-electron chi connectivity index (χ0n) is 19.1. The highest BCUT2D eigenvalue weighted by Gasteiger charge is 2.26. The number of nitrogens with one attached hydrogen (secondary N) is 1. The third-order valence-corrected chi connectivity index (χ3v) is 8.78. The molecule has 13 heteroatoms. The summed E-state index contributed by atoms with van der Waals surface area (Å²) in [6.07, 6.45) is 3.74. The van der Waals surface area contributed by atoms with Gasteiger partial charge in [0.1, 0.15) is 18.9 Å². The summed E-state index contributed by atoms with van der Waals surface area (Å²) in [4.78, 5) is 12.6. The molecule has 0 saturated carbocycles. The molecule has 0 aromatic heterocycles. The molecular weight excluding hydrogens is 537 g/mol. The van der Waals surface area contributed by atoms with Crippen LogP contribution >= 0.6 is 23.2 Å². The van der Waals surface area contributed by atoms with Gasteiger partial charge in [-0.2, -0.15) is 4.31 Å². The van der Waals surface area contributed by atoms with Crippen LogP contribution in [0.15, 0.2) is 47.4 Å². The summed E-state index contributed by atoms with van der Waals surface area (Å²) in [5, 5.41) is 3.08. The van der Waals surface area contributed by atoms with Crippen molar-refractivity contribution in [2.75, 3.05) is 43.3 Å². The molecule has 1 N–H and O–H groups in total. The van der Waals surface area contributed by atoms with E-state index in [-0.39, 0.29) is 33.8 Å². The fourth-order valence-electron chi connectivity index (χ4n) is 3.59. The molecule has 1 fully saturated rings. The molecule has 2 aromatic carbocycles. The van der Waals surface area contributed by atoms with E-state index in [0.29, 0.717) is 18.8 Å². The van der Waals surface area contributed by atoms with Crippen LogP contribution in [0.1, 0.15) is 19.3 Å². The number of hydrogen-bond donors (Lipinski definition) is 1. The second-order valence-corrected chi connectivity index (χ2v) is 12.7. The summed E-state index contributed by atoms with van der Waals surface area (Å²) >= 11 is 11.9. The highest BCUT2D eigenvalue weighted by Crippen LogP contribution is 2.27. The van der Waals surface area contributed by atoms with Gasteiger partial charge in [0, 0.05) is 23.1 Å². The molecule has 0 bridgehead atoms. The number of rotatable bonds is 10. The van der Waals surface area contributed by atoms with Crippen molar-refractivity contribution in [3.63, 3.8) is 0 Å². The molecule has 9 nitrogen and oxygen atoms in total. The Balaban J connectivity index is 1.51. The second kappa shape index (κ2) is 11.8. The lowest BCUT2D eigenvalue weighted by molar-refractivity contribution is -0.119. The van der Waals surface area contributed by atoms with E-state index in [4.69, 9.17) is 27.9 Å². The van der Waals surface area contributed by atoms with Crippen LogP contribution in [0.3, 0.4) is 0 Å². The monoisotopic (exact) mass is 563 g/mol. The van der Waals surface area contributed by atoms with Crippen LogP contribution in [0.4, 0.5) is 5.69 Å². The number of nitrogens with zero attached hydrogens (tertiary/aromatic N) is 2. The van der Waals surface area contributed by atoms with Crippen LogP contribution in [-0.4, -0.2) is 66.1 Å². The predicted molar refractivity (Wildman–Crippen MR) is 136 cm³/mol. The standard InChI is InChI=1S/C22H27Cl2N3O6S2/c1-34(29,30)27(19-14-17(23)13-18(24)15-19)16-22(28)25-9-12-33-20-5-7-21(8-6-20)35(31,32)26-10-3-2-4-11-26/h5-8,13-15H,2-4,9-12,16H2,1H3,(H,25,28). The van der Waals surface area contributed by atoms with Gasteiger partial charge in [-0.25, -0.2) is 16.8 Å². The lowest BCUT2D eigenvalue weighted by Gasteiger charge is -2.25. The molecule has 192 valence electrons. The molecule has 35 heavy (non-hydrogen) atoms. The lowest BCUT2D eigenvalue weighted by Crippen LogP contribution is -2.41. The van der Waals surface area contributed by atoms with Gasteiger partial charge in [-0.15, -0.1) is 0 Å². The third-order valence-electron chi connectivity index (χ3n) is 5.29. The SMILES string of the molecule is CS(=O)(=O)N(CC(=O)NCCOc1ccc(S(=O)(=O)N2CCCCC2)cc1)c1cc(Cl)cc(Cl)c1. The number of halogens is 2. The van der Waals surface area contributed by atoms with E-state index < -0.39 is 32.5 Å². The third kappa shape index (κ3) is 7.71. The van der Waals surface area contributed by atoms with Gasteiger partial charge in [0.15, 0.2) is 0 Å². The van der Waals surface area contributed by atoms with E-state index in [9.17, 15) is 21.6 Å². The van der Waals surface area contributed by atoms with E-state index in [0.717, 1.165) is 29.8 Å². The molecule has 0 spiro atoms. The first kappa shape index (κ1) is 27.5. The molecule has 1 aliphatic rings. The van der Waals surface area contributed by atoms with Crippen molar-refractivity contribution >= 4 is 54.8 Å².